The Balaban J connectivity index is 1.78. The summed E-state index contributed by atoms with van der Waals surface area (Å²) in [6, 6.07) is 17.3. The van der Waals surface area contributed by atoms with Gasteiger partial charge in [-0.25, -0.2) is 0 Å². The summed E-state index contributed by atoms with van der Waals surface area (Å²) < 4.78 is 18.9. The average molecular weight is 585 g/mol. The van der Waals surface area contributed by atoms with Crippen LogP contribution in [0.4, 0.5) is 5.69 Å². The summed E-state index contributed by atoms with van der Waals surface area (Å²) in [5.74, 6) is 0.768. The van der Waals surface area contributed by atoms with E-state index < -0.39 is 6.04 Å². The zero-order valence-electron chi connectivity index (χ0n) is 18.3. The van der Waals surface area contributed by atoms with Crippen LogP contribution in [0.25, 0.3) is 11.0 Å². The fourth-order valence-corrected chi connectivity index (χ4v) is 4.88. The fourth-order valence-electron chi connectivity index (χ4n) is 4.26. The Hall–Kier alpha value is -3.10. The van der Waals surface area contributed by atoms with E-state index in [1.165, 1.54) is 0 Å². The molecule has 0 saturated heterocycles. The minimum absolute atomic E-state index is 0.0422. The molecule has 1 aliphatic heterocycles. The van der Waals surface area contributed by atoms with Crippen LogP contribution in [-0.2, 0) is 0 Å². The van der Waals surface area contributed by atoms with Crippen molar-refractivity contribution in [1.29, 1.82) is 0 Å². The van der Waals surface area contributed by atoms with E-state index in [0.29, 0.717) is 45.9 Å². The molecule has 0 aliphatic carbocycles. The Bertz CT molecular complexity index is 1480. The predicted molar refractivity (Wildman–Crippen MR) is 137 cm³/mol. The maximum atomic E-state index is 13.7. The topological polar surface area (TPSA) is 69.0 Å². The van der Waals surface area contributed by atoms with E-state index in [1.807, 2.05) is 37.3 Å². The average Bonchev–Trinajstić information content (AvgIpc) is 3.13. The highest BCUT2D eigenvalue weighted by Gasteiger charge is 2.44. The van der Waals surface area contributed by atoms with Crippen LogP contribution in [0.1, 0.15) is 34.6 Å². The number of hydrogen-bond donors (Lipinski definition) is 0. The Morgan fingerprint density at radius 1 is 0.941 bits per heavy atom. The van der Waals surface area contributed by atoms with E-state index in [4.69, 9.17) is 13.9 Å². The van der Waals surface area contributed by atoms with Crippen molar-refractivity contribution in [2.24, 2.45) is 0 Å². The van der Waals surface area contributed by atoms with Crippen molar-refractivity contribution < 1.29 is 18.7 Å². The second-order valence-corrected chi connectivity index (χ2v) is 9.54. The van der Waals surface area contributed by atoms with Crippen LogP contribution < -0.4 is 19.8 Å². The molecule has 2 heterocycles. The quantitative estimate of drug-likeness (QED) is 0.269. The largest absolute Gasteiger partial charge is 0.493 e. The maximum Gasteiger partial charge on any atom is 0.295 e. The maximum absolute atomic E-state index is 13.7. The van der Waals surface area contributed by atoms with Gasteiger partial charge >= 0.3 is 0 Å². The molecule has 0 radical (unpaired) electrons. The molecule has 8 heteroatoms. The summed E-state index contributed by atoms with van der Waals surface area (Å²) in [4.78, 5) is 29.0. The molecular formula is C26H19Br2NO5. The number of benzene rings is 3. The number of methoxy groups -OCH3 is 1. The number of fused-ring (bicyclic) bond motifs is 2. The number of ether oxygens (including phenoxy) is 2. The summed E-state index contributed by atoms with van der Waals surface area (Å²) in [7, 11) is 1.56. The summed E-state index contributed by atoms with van der Waals surface area (Å²) >= 11 is 6.86. The Morgan fingerprint density at radius 3 is 2.38 bits per heavy atom. The molecule has 1 amide bonds. The van der Waals surface area contributed by atoms with Crippen LogP contribution in [-0.4, -0.2) is 19.6 Å². The highest BCUT2D eigenvalue weighted by atomic mass is 79.9. The summed E-state index contributed by atoms with van der Waals surface area (Å²) in [6.07, 6.45) is 0. The van der Waals surface area contributed by atoms with Gasteiger partial charge in [0.05, 0.1) is 30.7 Å². The van der Waals surface area contributed by atoms with Crippen molar-refractivity contribution in [2.45, 2.75) is 13.0 Å². The molecule has 1 unspecified atom stereocenters. The molecule has 1 aromatic heterocycles. The highest BCUT2D eigenvalue weighted by molar-refractivity contribution is 9.10. The van der Waals surface area contributed by atoms with Crippen molar-refractivity contribution in [3.8, 4) is 11.5 Å². The van der Waals surface area contributed by atoms with Crippen LogP contribution in [0, 0.1) is 0 Å². The minimum Gasteiger partial charge on any atom is -0.493 e. The third-order valence-electron chi connectivity index (χ3n) is 5.74. The molecule has 1 atom stereocenters. The van der Waals surface area contributed by atoms with Crippen molar-refractivity contribution in [1.82, 2.24) is 0 Å². The predicted octanol–water partition coefficient (Wildman–Crippen LogP) is 6.48. The fraction of sp³-hybridized carbons (Fsp3) is 0.154. The van der Waals surface area contributed by atoms with Gasteiger partial charge in [-0.15, -0.1) is 0 Å². The molecule has 5 rings (SSSR count). The number of rotatable bonds is 5. The Morgan fingerprint density at radius 2 is 1.68 bits per heavy atom. The van der Waals surface area contributed by atoms with Gasteiger partial charge < -0.3 is 13.9 Å². The number of amides is 1. The number of carbonyl (C=O) groups is 1. The van der Waals surface area contributed by atoms with Gasteiger partial charge in [0, 0.05) is 14.6 Å². The number of nitrogens with zero attached hydrogens (tertiary/aromatic N) is 1. The third kappa shape index (κ3) is 3.71. The molecule has 0 saturated carbocycles. The molecule has 0 spiro atoms. The number of halogens is 2. The van der Waals surface area contributed by atoms with Gasteiger partial charge in [-0.1, -0.05) is 37.9 Å². The van der Waals surface area contributed by atoms with Crippen LogP contribution in [0.2, 0.25) is 0 Å². The van der Waals surface area contributed by atoms with Crippen molar-refractivity contribution >= 4 is 54.4 Å². The van der Waals surface area contributed by atoms with E-state index in [2.05, 4.69) is 31.9 Å². The molecule has 6 nitrogen and oxygen atoms in total. The Labute approximate surface area is 212 Å². The van der Waals surface area contributed by atoms with E-state index in [0.717, 1.165) is 8.95 Å². The molecule has 34 heavy (non-hydrogen) atoms. The molecule has 3 aromatic carbocycles. The lowest BCUT2D eigenvalue weighted by Gasteiger charge is -2.26. The zero-order valence-corrected chi connectivity index (χ0v) is 21.5. The van der Waals surface area contributed by atoms with E-state index in [-0.39, 0.29) is 17.1 Å². The minimum atomic E-state index is -0.701. The molecule has 0 bridgehead atoms. The van der Waals surface area contributed by atoms with E-state index >= 15 is 0 Å². The lowest BCUT2D eigenvalue weighted by molar-refractivity contribution is 0.0971. The van der Waals surface area contributed by atoms with Crippen LogP contribution >= 0.6 is 31.9 Å². The third-order valence-corrected chi connectivity index (χ3v) is 6.76. The van der Waals surface area contributed by atoms with Gasteiger partial charge in [0.25, 0.3) is 5.91 Å². The highest BCUT2D eigenvalue weighted by Crippen LogP contribution is 2.43. The lowest BCUT2D eigenvalue weighted by Crippen LogP contribution is -2.29. The van der Waals surface area contributed by atoms with Crippen molar-refractivity contribution in [3.63, 3.8) is 0 Å². The molecule has 1 aliphatic rings. The van der Waals surface area contributed by atoms with Gasteiger partial charge in [0.15, 0.2) is 16.9 Å². The first kappa shape index (κ1) is 22.7. The summed E-state index contributed by atoms with van der Waals surface area (Å²) in [5.41, 5.74) is 1.76. The zero-order chi connectivity index (χ0) is 24.0. The number of carbonyl (C=O) groups excluding carboxylic acids is 1. The summed E-state index contributed by atoms with van der Waals surface area (Å²) in [6.45, 7) is 2.37. The molecule has 0 fully saturated rings. The van der Waals surface area contributed by atoms with Crippen LogP contribution in [0.5, 0.6) is 11.5 Å². The first-order valence-corrected chi connectivity index (χ1v) is 12.2. The molecule has 0 N–H and O–H groups in total. The number of hydrogen-bond acceptors (Lipinski definition) is 5. The lowest BCUT2D eigenvalue weighted by atomic mass is 9.97. The van der Waals surface area contributed by atoms with Gasteiger partial charge in [-0.2, -0.15) is 0 Å². The SMILES string of the molecule is CCOc1ccc(C2c3c(oc4ccc(Br)cc4c3=O)C(=O)N2c2ccc(Br)cc2)cc1OC. The van der Waals surface area contributed by atoms with Crippen molar-refractivity contribution in [3.05, 3.63) is 96.7 Å². The van der Waals surface area contributed by atoms with Gasteiger partial charge in [-0.3, -0.25) is 14.5 Å². The first-order chi connectivity index (χ1) is 16.4. The smallest absolute Gasteiger partial charge is 0.295 e. The van der Waals surface area contributed by atoms with Crippen LogP contribution in [0.15, 0.2) is 78.8 Å². The van der Waals surface area contributed by atoms with E-state index in [1.54, 1.807) is 42.3 Å². The molecule has 172 valence electrons. The normalized spacial score (nSPS) is 15.0. The van der Waals surface area contributed by atoms with Gasteiger partial charge in [-0.05, 0) is 67.1 Å². The van der Waals surface area contributed by atoms with Gasteiger partial charge in [0.1, 0.15) is 5.58 Å². The molecular weight excluding hydrogens is 566 g/mol. The van der Waals surface area contributed by atoms with Crippen molar-refractivity contribution in [2.75, 3.05) is 18.6 Å². The first-order valence-electron chi connectivity index (χ1n) is 10.6. The number of anilines is 1. The molecule has 4 aromatic rings. The van der Waals surface area contributed by atoms with Crippen LogP contribution in [0.3, 0.4) is 0 Å². The second-order valence-electron chi connectivity index (χ2n) is 7.71. The Kier molecular flexibility index (Phi) is 5.95. The van der Waals surface area contributed by atoms with E-state index in [9.17, 15) is 9.59 Å². The summed E-state index contributed by atoms with van der Waals surface area (Å²) in [5, 5.41) is 0.404. The van der Waals surface area contributed by atoms with Gasteiger partial charge in [0.2, 0.25) is 5.76 Å². The second kappa shape index (κ2) is 8.92. The monoisotopic (exact) mass is 583 g/mol. The standard InChI is InChI=1S/C26H19Br2NO5/c1-3-33-20-10-4-14(12-21(20)32-2)23-22-24(30)18-13-16(28)7-11-19(18)34-25(22)26(31)29(23)17-8-5-15(27)6-9-17/h4-13,23H,3H2,1-2H3.